The Morgan fingerprint density at radius 3 is 1.60 bits per heavy atom. The van der Waals surface area contributed by atoms with Crippen LogP contribution in [0, 0.1) is 6.92 Å². The van der Waals surface area contributed by atoms with Crippen molar-refractivity contribution in [3.05, 3.63) is 210 Å². The normalized spacial score (nSPS) is 15.4. The topological polar surface area (TPSA) is 6.48 Å². The summed E-state index contributed by atoms with van der Waals surface area (Å²) in [4.78, 5) is 4.98. The van der Waals surface area contributed by atoms with Crippen LogP contribution in [0.15, 0.2) is 182 Å². The van der Waals surface area contributed by atoms with Crippen molar-refractivity contribution in [2.45, 2.75) is 45.1 Å². The first-order valence-electron chi connectivity index (χ1n) is 20.3. The number of hydrogen-bond acceptors (Lipinski definition) is 2. The fourth-order valence-corrected chi connectivity index (χ4v) is 9.93. The summed E-state index contributed by atoms with van der Waals surface area (Å²) < 4.78 is 0. The van der Waals surface area contributed by atoms with Gasteiger partial charge in [-0.25, -0.2) is 0 Å². The summed E-state index contributed by atoms with van der Waals surface area (Å²) in [6, 6.07) is 68.2. The van der Waals surface area contributed by atoms with E-state index in [0.29, 0.717) is 6.04 Å². The first-order chi connectivity index (χ1) is 27.9. The smallest absolute Gasteiger partial charge is 0.0465 e. The number of fused-ring (bicyclic) bond motifs is 8. The van der Waals surface area contributed by atoms with Crippen molar-refractivity contribution in [2.24, 2.45) is 0 Å². The lowest BCUT2D eigenvalue weighted by Gasteiger charge is -2.28. The quantitative estimate of drug-likeness (QED) is 0.168. The van der Waals surface area contributed by atoms with Crippen LogP contribution in [0.4, 0.5) is 28.4 Å². The van der Waals surface area contributed by atoms with Gasteiger partial charge in [0.05, 0.1) is 0 Å². The van der Waals surface area contributed by atoms with E-state index in [0.717, 1.165) is 29.9 Å². The summed E-state index contributed by atoms with van der Waals surface area (Å²) in [5.74, 6) is 0. The number of anilines is 5. The molecule has 0 fully saturated rings. The highest BCUT2D eigenvalue weighted by Crippen LogP contribution is 2.51. The van der Waals surface area contributed by atoms with Crippen molar-refractivity contribution in [3.63, 3.8) is 0 Å². The third kappa shape index (κ3) is 5.54. The largest absolute Gasteiger partial charge is 0.337 e. The number of hydrogen-bond donors (Lipinski definition) is 0. The molecular formula is C55H44N2. The lowest BCUT2D eigenvalue weighted by molar-refractivity contribution is 0.660. The van der Waals surface area contributed by atoms with Crippen LogP contribution < -0.4 is 9.80 Å². The van der Waals surface area contributed by atoms with Crippen LogP contribution in [0.1, 0.15) is 41.7 Å². The van der Waals surface area contributed by atoms with Crippen molar-refractivity contribution in [1.82, 2.24) is 0 Å². The third-order valence-electron chi connectivity index (χ3n) is 12.8. The molecule has 1 aliphatic carbocycles. The van der Waals surface area contributed by atoms with Gasteiger partial charge in [-0.05, 0) is 141 Å². The molecule has 0 aromatic heterocycles. The zero-order valence-electron chi connectivity index (χ0n) is 32.7. The molecule has 57 heavy (non-hydrogen) atoms. The van der Waals surface area contributed by atoms with Crippen molar-refractivity contribution >= 4 is 28.4 Å². The van der Waals surface area contributed by atoms with Gasteiger partial charge in [0.15, 0.2) is 0 Å². The Balaban J connectivity index is 0.899. The van der Waals surface area contributed by atoms with E-state index in [9.17, 15) is 0 Å². The standard InChI is InChI=1S/C55H44N2/c1-36-13-29-53-43(31-36)33-48-34-44-32-42(22-30-54(44)57(48)53)41-16-14-38(15-17-41)40-20-25-46(26-21-40)56(45-23-18-39(19-24-45)37-9-5-4-6-10-37)47-27-28-50-49-11-7-8-12-51(49)55(2,3)52(50)35-47/h4-32,35,48H,33-34H2,1-3H3. The van der Waals surface area contributed by atoms with E-state index in [2.05, 4.69) is 213 Å². The Morgan fingerprint density at radius 2 is 0.930 bits per heavy atom. The molecule has 0 bridgehead atoms. The number of rotatable bonds is 6. The average molecular weight is 733 g/mol. The van der Waals surface area contributed by atoms with Crippen molar-refractivity contribution in [3.8, 4) is 44.5 Å². The van der Waals surface area contributed by atoms with E-state index in [1.54, 1.807) is 0 Å². The van der Waals surface area contributed by atoms with Crippen LogP contribution in [0.25, 0.3) is 44.5 Å². The number of benzene rings is 8. The van der Waals surface area contributed by atoms with Gasteiger partial charge in [0.25, 0.3) is 0 Å². The zero-order valence-corrected chi connectivity index (χ0v) is 32.7. The molecule has 2 heteroatoms. The first kappa shape index (κ1) is 33.7. The molecule has 11 rings (SSSR count). The zero-order chi connectivity index (χ0) is 38.3. The lowest BCUT2D eigenvalue weighted by Crippen LogP contribution is -2.22. The highest BCUT2D eigenvalue weighted by Gasteiger charge is 2.37. The Bertz CT molecular complexity index is 2810. The molecule has 3 aliphatic rings. The van der Waals surface area contributed by atoms with Gasteiger partial charge in [0.2, 0.25) is 0 Å². The Kier molecular flexibility index (Phi) is 7.66. The highest BCUT2D eigenvalue weighted by molar-refractivity contribution is 5.87. The van der Waals surface area contributed by atoms with E-state index in [-0.39, 0.29) is 5.41 Å². The maximum atomic E-state index is 2.58. The SMILES string of the molecule is Cc1ccc2c(c1)CC1Cc3cc(-c4ccc(-c5ccc(N(c6ccc(-c7ccccc7)cc6)c6ccc7c(c6)C(C)(C)c6ccccc6-7)cc5)cc4)ccc3N21. The molecule has 2 nitrogen and oxygen atoms in total. The van der Waals surface area contributed by atoms with Gasteiger partial charge in [0.1, 0.15) is 0 Å². The summed E-state index contributed by atoms with van der Waals surface area (Å²) >= 11 is 0. The molecule has 0 amide bonds. The fourth-order valence-electron chi connectivity index (χ4n) is 9.93. The van der Waals surface area contributed by atoms with Gasteiger partial charge >= 0.3 is 0 Å². The summed E-state index contributed by atoms with van der Waals surface area (Å²) in [6.07, 6.45) is 2.24. The van der Waals surface area contributed by atoms with Crippen LogP contribution in [0.5, 0.6) is 0 Å². The third-order valence-corrected chi connectivity index (χ3v) is 12.8. The molecule has 0 saturated heterocycles. The summed E-state index contributed by atoms with van der Waals surface area (Å²) in [5, 5.41) is 0. The minimum absolute atomic E-state index is 0.0803. The van der Waals surface area contributed by atoms with Crippen molar-refractivity contribution in [2.75, 3.05) is 9.80 Å². The van der Waals surface area contributed by atoms with Crippen LogP contribution in [-0.4, -0.2) is 6.04 Å². The van der Waals surface area contributed by atoms with Gasteiger partial charge in [-0.15, -0.1) is 0 Å². The summed E-state index contributed by atoms with van der Waals surface area (Å²) in [6.45, 7) is 6.90. The van der Waals surface area contributed by atoms with E-state index < -0.39 is 0 Å². The number of aryl methyl sites for hydroxylation is 1. The Morgan fingerprint density at radius 1 is 0.439 bits per heavy atom. The van der Waals surface area contributed by atoms with E-state index in [1.807, 2.05) is 0 Å². The fraction of sp³-hybridized carbons (Fsp3) is 0.127. The second kappa shape index (κ2) is 13.0. The highest BCUT2D eigenvalue weighted by atomic mass is 15.2. The molecule has 0 N–H and O–H groups in total. The molecule has 1 unspecified atom stereocenters. The van der Waals surface area contributed by atoms with Crippen LogP contribution in [-0.2, 0) is 18.3 Å². The second-order valence-corrected chi connectivity index (χ2v) is 16.7. The van der Waals surface area contributed by atoms with Gasteiger partial charge in [-0.2, -0.15) is 0 Å². The molecule has 2 aliphatic heterocycles. The van der Waals surface area contributed by atoms with Gasteiger partial charge in [-0.1, -0.05) is 147 Å². The van der Waals surface area contributed by atoms with Gasteiger partial charge < -0.3 is 9.80 Å². The Labute approximate surface area is 336 Å². The average Bonchev–Trinajstić information content (AvgIpc) is 3.86. The molecule has 1 atom stereocenters. The maximum Gasteiger partial charge on any atom is 0.0465 e. The lowest BCUT2D eigenvalue weighted by atomic mass is 9.82. The summed E-state index contributed by atoms with van der Waals surface area (Å²) in [7, 11) is 0. The van der Waals surface area contributed by atoms with Crippen LogP contribution >= 0.6 is 0 Å². The minimum Gasteiger partial charge on any atom is -0.337 e. The van der Waals surface area contributed by atoms with E-state index >= 15 is 0 Å². The first-order valence-corrected chi connectivity index (χ1v) is 20.3. The van der Waals surface area contributed by atoms with Crippen LogP contribution in [0.2, 0.25) is 0 Å². The Hall–Kier alpha value is -6.64. The molecule has 0 spiro atoms. The summed E-state index contributed by atoms with van der Waals surface area (Å²) in [5.41, 5.74) is 23.2. The monoisotopic (exact) mass is 732 g/mol. The molecule has 274 valence electrons. The molecule has 0 radical (unpaired) electrons. The molecular weight excluding hydrogens is 689 g/mol. The van der Waals surface area contributed by atoms with E-state index in [4.69, 9.17) is 0 Å². The predicted octanol–water partition coefficient (Wildman–Crippen LogP) is 14.4. The minimum atomic E-state index is -0.0803. The molecule has 0 saturated carbocycles. The van der Waals surface area contributed by atoms with Gasteiger partial charge in [-0.3, -0.25) is 0 Å². The van der Waals surface area contributed by atoms with E-state index in [1.165, 1.54) is 83.7 Å². The van der Waals surface area contributed by atoms with Crippen molar-refractivity contribution < 1.29 is 0 Å². The molecule has 8 aromatic rings. The number of nitrogens with zero attached hydrogens (tertiary/aromatic N) is 2. The second-order valence-electron chi connectivity index (χ2n) is 16.7. The molecule has 2 heterocycles. The van der Waals surface area contributed by atoms with Gasteiger partial charge in [0, 0.05) is 39.9 Å². The predicted molar refractivity (Wildman–Crippen MR) is 240 cm³/mol. The maximum absolute atomic E-state index is 2.58. The van der Waals surface area contributed by atoms with Crippen LogP contribution in [0.3, 0.4) is 0 Å². The van der Waals surface area contributed by atoms with Crippen molar-refractivity contribution in [1.29, 1.82) is 0 Å². The molecule has 8 aromatic carbocycles.